The van der Waals surface area contributed by atoms with Gasteiger partial charge in [-0.05, 0) is 18.2 Å². The fourth-order valence-corrected chi connectivity index (χ4v) is 1.48. The van der Waals surface area contributed by atoms with E-state index in [0.717, 1.165) is 0 Å². The Hall–Kier alpha value is -0.900. The molecule has 0 aliphatic carbocycles. The van der Waals surface area contributed by atoms with E-state index in [9.17, 15) is 9.18 Å². The number of carbonyl (C=O) groups is 1. The third-order valence-corrected chi connectivity index (χ3v) is 2.18. The Labute approximate surface area is 90.2 Å². The topological polar surface area (TPSA) is 26.3 Å². The van der Waals surface area contributed by atoms with Crippen LogP contribution in [0, 0.1) is 5.82 Å². The Kier molecular flexibility index (Phi) is 4.07. The zero-order valence-corrected chi connectivity index (χ0v) is 9.30. The van der Waals surface area contributed by atoms with Gasteiger partial charge in [-0.15, -0.1) is 0 Å². The molecule has 0 aliphatic heterocycles. The second kappa shape index (κ2) is 5.10. The summed E-state index contributed by atoms with van der Waals surface area (Å²) in [4.78, 5) is 11.5. The first kappa shape index (κ1) is 11.2. The summed E-state index contributed by atoms with van der Waals surface area (Å²) >= 11 is 3.16. The number of ketones is 1. The fraction of sp³-hybridized carbons (Fsp3) is 0.300. The van der Waals surface area contributed by atoms with Crippen LogP contribution in [0.5, 0.6) is 5.75 Å². The molecule has 0 fully saturated rings. The maximum absolute atomic E-state index is 12.9. The Bertz CT molecular complexity index is 339. The number of methoxy groups -OCH3 is 1. The lowest BCUT2D eigenvalue weighted by Gasteiger charge is -2.06. The number of ether oxygens (including phenoxy) is 1. The SMILES string of the molecule is COc1ccc(F)cc1C(=O)CCBr. The maximum atomic E-state index is 12.9. The largest absolute Gasteiger partial charge is 0.496 e. The van der Waals surface area contributed by atoms with E-state index in [1.54, 1.807) is 0 Å². The molecule has 0 bridgehead atoms. The van der Waals surface area contributed by atoms with Crippen molar-refractivity contribution in [2.75, 3.05) is 12.4 Å². The first-order valence-corrected chi connectivity index (χ1v) is 5.24. The number of rotatable bonds is 4. The number of benzene rings is 1. The van der Waals surface area contributed by atoms with Crippen molar-refractivity contribution in [3.63, 3.8) is 0 Å². The molecule has 0 saturated heterocycles. The Balaban J connectivity index is 3.03. The van der Waals surface area contributed by atoms with Gasteiger partial charge in [-0.2, -0.15) is 0 Å². The number of hydrogen-bond donors (Lipinski definition) is 0. The first-order valence-electron chi connectivity index (χ1n) is 4.11. The zero-order valence-electron chi connectivity index (χ0n) is 7.72. The molecule has 2 nitrogen and oxygen atoms in total. The highest BCUT2D eigenvalue weighted by molar-refractivity contribution is 9.09. The average Bonchev–Trinajstić information content (AvgIpc) is 2.18. The van der Waals surface area contributed by atoms with Crippen molar-refractivity contribution in [3.8, 4) is 5.75 Å². The molecule has 0 aromatic heterocycles. The van der Waals surface area contributed by atoms with Crippen LogP contribution >= 0.6 is 15.9 Å². The van der Waals surface area contributed by atoms with Crippen LogP contribution in [-0.4, -0.2) is 18.2 Å². The van der Waals surface area contributed by atoms with Gasteiger partial charge in [0.1, 0.15) is 11.6 Å². The minimum absolute atomic E-state index is 0.127. The van der Waals surface area contributed by atoms with Gasteiger partial charge in [0.15, 0.2) is 5.78 Å². The molecule has 0 amide bonds. The van der Waals surface area contributed by atoms with E-state index in [2.05, 4.69) is 15.9 Å². The lowest BCUT2D eigenvalue weighted by atomic mass is 10.1. The molecule has 0 radical (unpaired) electrons. The number of Topliss-reactive ketones (excluding diaryl/α,β-unsaturated/α-hetero) is 1. The number of halogens is 2. The van der Waals surface area contributed by atoms with Crippen LogP contribution < -0.4 is 4.74 Å². The molecule has 0 unspecified atom stereocenters. The minimum atomic E-state index is -0.427. The predicted molar refractivity (Wildman–Crippen MR) is 55.7 cm³/mol. The molecule has 0 saturated carbocycles. The molecule has 1 rings (SSSR count). The smallest absolute Gasteiger partial charge is 0.167 e. The molecule has 0 N–H and O–H groups in total. The summed E-state index contributed by atoms with van der Waals surface area (Å²) in [5.74, 6) is -0.140. The highest BCUT2D eigenvalue weighted by Crippen LogP contribution is 2.20. The van der Waals surface area contributed by atoms with E-state index < -0.39 is 5.82 Å². The molecule has 0 atom stereocenters. The molecule has 14 heavy (non-hydrogen) atoms. The van der Waals surface area contributed by atoms with E-state index in [1.165, 1.54) is 25.3 Å². The predicted octanol–water partition coefficient (Wildman–Crippen LogP) is 2.80. The molecular formula is C10H10BrFO2. The monoisotopic (exact) mass is 260 g/mol. The summed E-state index contributed by atoms with van der Waals surface area (Å²) in [6.45, 7) is 0. The Morgan fingerprint density at radius 3 is 2.86 bits per heavy atom. The van der Waals surface area contributed by atoms with Gasteiger partial charge in [-0.1, -0.05) is 15.9 Å². The number of carbonyl (C=O) groups excluding carboxylic acids is 1. The van der Waals surface area contributed by atoms with Crippen LogP contribution in [0.25, 0.3) is 0 Å². The van der Waals surface area contributed by atoms with Gasteiger partial charge in [0.2, 0.25) is 0 Å². The van der Waals surface area contributed by atoms with Gasteiger partial charge >= 0.3 is 0 Å². The summed E-state index contributed by atoms with van der Waals surface area (Å²) in [6, 6.07) is 3.92. The van der Waals surface area contributed by atoms with E-state index in [4.69, 9.17) is 4.74 Å². The van der Waals surface area contributed by atoms with Crippen LogP contribution in [0.3, 0.4) is 0 Å². The third kappa shape index (κ3) is 2.54. The van der Waals surface area contributed by atoms with E-state index in [1.807, 2.05) is 0 Å². The maximum Gasteiger partial charge on any atom is 0.167 e. The summed E-state index contributed by atoms with van der Waals surface area (Å²) in [7, 11) is 1.46. The summed E-state index contributed by atoms with van der Waals surface area (Å²) < 4.78 is 17.8. The zero-order chi connectivity index (χ0) is 10.6. The second-order valence-electron chi connectivity index (χ2n) is 2.71. The van der Waals surface area contributed by atoms with Gasteiger partial charge in [-0.25, -0.2) is 4.39 Å². The summed E-state index contributed by atoms with van der Waals surface area (Å²) in [5.41, 5.74) is 0.298. The molecular weight excluding hydrogens is 251 g/mol. The van der Waals surface area contributed by atoms with Gasteiger partial charge in [0.05, 0.1) is 12.7 Å². The molecule has 1 aromatic rings. The van der Waals surface area contributed by atoms with Crippen LogP contribution in [-0.2, 0) is 0 Å². The van der Waals surface area contributed by atoms with Gasteiger partial charge in [0.25, 0.3) is 0 Å². The van der Waals surface area contributed by atoms with Gasteiger partial charge < -0.3 is 4.74 Å². The molecule has 0 aliphatic rings. The quantitative estimate of drug-likeness (QED) is 0.615. The molecule has 1 aromatic carbocycles. The van der Waals surface area contributed by atoms with E-state index in [0.29, 0.717) is 23.1 Å². The Morgan fingerprint density at radius 1 is 1.57 bits per heavy atom. The van der Waals surface area contributed by atoms with Crippen LogP contribution in [0.4, 0.5) is 4.39 Å². The summed E-state index contributed by atoms with van der Waals surface area (Å²) in [6.07, 6.45) is 0.333. The fourth-order valence-electron chi connectivity index (χ4n) is 1.12. The van der Waals surface area contributed by atoms with Crippen molar-refractivity contribution < 1.29 is 13.9 Å². The third-order valence-electron chi connectivity index (χ3n) is 1.78. The molecule has 76 valence electrons. The lowest BCUT2D eigenvalue weighted by Crippen LogP contribution is -2.03. The standard InChI is InChI=1S/C10H10BrFO2/c1-14-10-3-2-7(12)6-8(10)9(13)4-5-11/h2-3,6H,4-5H2,1H3. The lowest BCUT2D eigenvalue weighted by molar-refractivity contribution is 0.0986. The van der Waals surface area contributed by atoms with Crippen LogP contribution in [0.15, 0.2) is 18.2 Å². The van der Waals surface area contributed by atoms with Gasteiger partial charge in [-0.3, -0.25) is 4.79 Å². The van der Waals surface area contributed by atoms with Crippen molar-refractivity contribution in [1.82, 2.24) is 0 Å². The Morgan fingerprint density at radius 2 is 2.29 bits per heavy atom. The normalized spacial score (nSPS) is 9.93. The van der Waals surface area contributed by atoms with Crippen LogP contribution in [0.1, 0.15) is 16.8 Å². The molecule has 0 heterocycles. The van der Waals surface area contributed by atoms with Crippen molar-refractivity contribution in [1.29, 1.82) is 0 Å². The number of hydrogen-bond acceptors (Lipinski definition) is 2. The molecule has 0 spiro atoms. The van der Waals surface area contributed by atoms with E-state index >= 15 is 0 Å². The van der Waals surface area contributed by atoms with E-state index in [-0.39, 0.29) is 5.78 Å². The van der Waals surface area contributed by atoms with Crippen LogP contribution in [0.2, 0.25) is 0 Å². The summed E-state index contributed by atoms with van der Waals surface area (Å²) in [5, 5.41) is 0.561. The molecule has 4 heteroatoms. The second-order valence-corrected chi connectivity index (χ2v) is 3.50. The average molecular weight is 261 g/mol. The highest BCUT2D eigenvalue weighted by atomic mass is 79.9. The van der Waals surface area contributed by atoms with Crippen molar-refractivity contribution in [2.24, 2.45) is 0 Å². The first-order chi connectivity index (χ1) is 6.69. The van der Waals surface area contributed by atoms with Crippen molar-refractivity contribution >= 4 is 21.7 Å². The minimum Gasteiger partial charge on any atom is -0.496 e. The van der Waals surface area contributed by atoms with Crippen molar-refractivity contribution in [3.05, 3.63) is 29.6 Å². The highest BCUT2D eigenvalue weighted by Gasteiger charge is 2.12. The number of alkyl halides is 1. The van der Waals surface area contributed by atoms with Crippen molar-refractivity contribution in [2.45, 2.75) is 6.42 Å². The van der Waals surface area contributed by atoms with Gasteiger partial charge in [0, 0.05) is 11.8 Å².